The highest BCUT2D eigenvalue weighted by Crippen LogP contribution is 2.35. The largest absolute Gasteiger partial charge is 0.540 e. The quantitative estimate of drug-likeness (QED) is 0.402. The zero-order chi connectivity index (χ0) is 10.0. The van der Waals surface area contributed by atoms with Crippen molar-refractivity contribution < 1.29 is 24.8 Å². The van der Waals surface area contributed by atoms with Crippen LogP contribution in [0, 0.1) is 0 Å². The zero-order valence-electron chi connectivity index (χ0n) is 6.81. The predicted molar refractivity (Wildman–Crippen MR) is 45.4 cm³/mol. The van der Waals surface area contributed by atoms with Crippen molar-refractivity contribution in [2.24, 2.45) is 0 Å². The van der Waals surface area contributed by atoms with Crippen LogP contribution in [0.5, 0.6) is 17.2 Å². The van der Waals surface area contributed by atoms with Crippen LogP contribution in [0.3, 0.4) is 0 Å². The minimum absolute atomic E-state index is 0.0321. The van der Waals surface area contributed by atoms with Gasteiger partial charge < -0.3 is 20.0 Å². The van der Waals surface area contributed by atoms with Crippen LogP contribution in [0.2, 0.25) is 0 Å². The number of carbonyl (C=O) groups is 1. The van der Waals surface area contributed by atoms with Crippen LogP contribution in [-0.4, -0.2) is 29.3 Å². The third kappa shape index (κ3) is 1.66. The third-order valence-electron chi connectivity index (χ3n) is 1.49. The number of benzene rings is 1. The fraction of sp³-hybridized carbons (Fsp3) is 0. The predicted octanol–water partition coefficient (Wildman–Crippen LogP) is -0.492. The molecule has 0 aliphatic carbocycles. The van der Waals surface area contributed by atoms with Gasteiger partial charge in [0.15, 0.2) is 17.2 Å². The van der Waals surface area contributed by atoms with E-state index in [1.807, 2.05) is 0 Å². The second-order valence-electron chi connectivity index (χ2n) is 2.35. The van der Waals surface area contributed by atoms with Gasteiger partial charge in [-0.25, -0.2) is 4.79 Å². The second-order valence-corrected chi connectivity index (χ2v) is 2.35. The van der Waals surface area contributed by atoms with E-state index in [2.05, 4.69) is 4.65 Å². The van der Waals surface area contributed by atoms with Crippen LogP contribution in [-0.2, 0) is 4.65 Å². The SMILES string of the molecule is BOC(=O)c1cc(O)c(O)c(O)c1. The lowest BCUT2D eigenvalue weighted by molar-refractivity contribution is 0.0748. The first-order valence-corrected chi connectivity index (χ1v) is 3.39. The first-order valence-electron chi connectivity index (χ1n) is 3.39. The highest BCUT2D eigenvalue weighted by molar-refractivity contribution is 6.09. The van der Waals surface area contributed by atoms with E-state index in [1.54, 1.807) is 0 Å². The average molecular weight is 182 g/mol. The molecule has 0 bridgehead atoms. The fourth-order valence-electron chi connectivity index (χ4n) is 0.840. The summed E-state index contributed by atoms with van der Waals surface area (Å²) in [5, 5.41) is 26.9. The Labute approximate surface area is 74.6 Å². The first-order chi connectivity index (χ1) is 6.06. The van der Waals surface area contributed by atoms with Gasteiger partial charge in [-0.3, -0.25) is 0 Å². The molecule has 6 heteroatoms. The number of carbonyl (C=O) groups excluding carboxylic acids is 1. The van der Waals surface area contributed by atoms with Crippen LogP contribution < -0.4 is 0 Å². The molecule has 0 unspecified atom stereocenters. The van der Waals surface area contributed by atoms with E-state index in [4.69, 9.17) is 15.3 Å². The molecule has 0 saturated carbocycles. The van der Waals surface area contributed by atoms with Gasteiger partial charge in [0.25, 0.3) is 0 Å². The maximum Gasteiger partial charge on any atom is 0.326 e. The van der Waals surface area contributed by atoms with Crippen molar-refractivity contribution in [3.63, 3.8) is 0 Å². The van der Waals surface area contributed by atoms with Gasteiger partial charge in [0.1, 0.15) is 0 Å². The number of rotatable bonds is 1. The summed E-state index contributed by atoms with van der Waals surface area (Å²) in [5.74, 6) is -2.50. The van der Waals surface area contributed by atoms with Crippen LogP contribution >= 0.6 is 0 Å². The van der Waals surface area contributed by atoms with E-state index in [-0.39, 0.29) is 5.56 Å². The van der Waals surface area contributed by atoms with Gasteiger partial charge in [-0.05, 0) is 12.1 Å². The summed E-state index contributed by atoms with van der Waals surface area (Å²) in [6.07, 6.45) is 0. The van der Waals surface area contributed by atoms with Crippen LogP contribution in [0.15, 0.2) is 12.1 Å². The number of hydrogen-bond donors (Lipinski definition) is 3. The van der Waals surface area contributed by atoms with Crippen molar-refractivity contribution in [3.05, 3.63) is 17.7 Å². The Hall–Kier alpha value is -1.85. The van der Waals surface area contributed by atoms with Crippen LogP contribution in [0.25, 0.3) is 0 Å². The summed E-state index contributed by atoms with van der Waals surface area (Å²) in [5.41, 5.74) is -0.0321. The van der Waals surface area contributed by atoms with Crippen molar-refractivity contribution in [2.45, 2.75) is 0 Å². The molecule has 5 nitrogen and oxygen atoms in total. The van der Waals surface area contributed by atoms with Crippen molar-refractivity contribution in [3.8, 4) is 17.2 Å². The van der Waals surface area contributed by atoms with Crippen molar-refractivity contribution in [1.29, 1.82) is 0 Å². The minimum Gasteiger partial charge on any atom is -0.540 e. The number of aromatic hydroxyl groups is 3. The van der Waals surface area contributed by atoms with E-state index in [9.17, 15) is 4.79 Å². The Bertz CT molecular complexity index is 326. The summed E-state index contributed by atoms with van der Waals surface area (Å²) in [6.45, 7) is 0. The Kier molecular flexibility index (Phi) is 2.32. The highest BCUT2D eigenvalue weighted by atomic mass is 16.5. The van der Waals surface area contributed by atoms with E-state index in [0.717, 1.165) is 12.1 Å². The smallest absolute Gasteiger partial charge is 0.326 e. The zero-order valence-corrected chi connectivity index (χ0v) is 6.81. The molecule has 0 atom stereocenters. The van der Waals surface area contributed by atoms with Crippen molar-refractivity contribution in [1.82, 2.24) is 0 Å². The first kappa shape index (κ1) is 9.24. The van der Waals surface area contributed by atoms with Gasteiger partial charge in [-0.1, -0.05) is 0 Å². The lowest BCUT2D eigenvalue weighted by atomic mass is 10.2. The molecule has 0 aliphatic heterocycles. The molecule has 0 fully saturated rings. The molecule has 0 radical (unpaired) electrons. The molecule has 1 rings (SSSR count). The van der Waals surface area contributed by atoms with Gasteiger partial charge in [0.05, 0.1) is 5.56 Å². The number of phenols is 3. The van der Waals surface area contributed by atoms with E-state index >= 15 is 0 Å². The van der Waals surface area contributed by atoms with Gasteiger partial charge in [-0.2, -0.15) is 0 Å². The van der Waals surface area contributed by atoms with Crippen LogP contribution in [0.1, 0.15) is 10.4 Å². The minimum atomic E-state index is -0.703. The fourth-order valence-corrected chi connectivity index (χ4v) is 0.840. The van der Waals surface area contributed by atoms with Crippen LogP contribution in [0.4, 0.5) is 0 Å². The lowest BCUT2D eigenvalue weighted by Gasteiger charge is -2.03. The van der Waals surface area contributed by atoms with Crippen molar-refractivity contribution >= 4 is 14.0 Å². The molecule has 0 aromatic heterocycles. The molecule has 0 heterocycles. The standard InChI is InChI=1S/C7H7BO5/c8-13-7(12)3-1-4(9)6(11)5(10)2-3/h1-2,9-11H,8H2. The Balaban J connectivity index is 3.20. The maximum atomic E-state index is 10.9. The number of phenolic OH excluding ortho intramolecular Hbond substituents is 3. The average Bonchev–Trinajstić information content (AvgIpc) is 2.12. The Morgan fingerprint density at radius 1 is 1.23 bits per heavy atom. The molecule has 3 N–H and O–H groups in total. The Morgan fingerprint density at radius 2 is 1.69 bits per heavy atom. The Morgan fingerprint density at radius 3 is 2.08 bits per heavy atom. The van der Waals surface area contributed by atoms with E-state index in [0.29, 0.717) is 0 Å². The number of hydrogen-bond acceptors (Lipinski definition) is 5. The summed E-state index contributed by atoms with van der Waals surface area (Å²) >= 11 is 0. The molecule has 0 amide bonds. The van der Waals surface area contributed by atoms with Gasteiger partial charge >= 0.3 is 14.0 Å². The van der Waals surface area contributed by atoms with Gasteiger partial charge in [-0.15, -0.1) is 0 Å². The topological polar surface area (TPSA) is 87.0 Å². The van der Waals surface area contributed by atoms with E-state index in [1.165, 1.54) is 8.05 Å². The second kappa shape index (κ2) is 3.26. The summed E-state index contributed by atoms with van der Waals surface area (Å²) in [6, 6.07) is 2.00. The normalized spacial score (nSPS) is 9.54. The van der Waals surface area contributed by atoms with E-state index < -0.39 is 23.2 Å². The monoisotopic (exact) mass is 182 g/mol. The summed E-state index contributed by atoms with van der Waals surface area (Å²) in [7, 11) is 1.17. The molecule has 13 heavy (non-hydrogen) atoms. The maximum absolute atomic E-state index is 10.9. The van der Waals surface area contributed by atoms with Gasteiger partial charge in [0.2, 0.25) is 0 Å². The van der Waals surface area contributed by atoms with Crippen molar-refractivity contribution in [2.75, 3.05) is 0 Å². The molecule has 0 spiro atoms. The lowest BCUT2D eigenvalue weighted by Crippen LogP contribution is -2.01. The summed E-state index contributed by atoms with van der Waals surface area (Å²) in [4.78, 5) is 10.9. The molecule has 0 aliphatic rings. The molecular formula is C7H7BO5. The molecule has 1 aromatic carbocycles. The summed E-state index contributed by atoms with van der Waals surface area (Å²) < 4.78 is 4.34. The molecular weight excluding hydrogens is 175 g/mol. The third-order valence-corrected chi connectivity index (χ3v) is 1.49. The molecule has 1 aromatic rings. The molecule has 0 saturated heterocycles. The van der Waals surface area contributed by atoms with Gasteiger partial charge in [0, 0.05) is 0 Å². The highest BCUT2D eigenvalue weighted by Gasteiger charge is 2.12. The molecule has 68 valence electrons.